The van der Waals surface area contributed by atoms with Gasteiger partial charge in [-0.2, -0.15) is 0 Å². The van der Waals surface area contributed by atoms with E-state index in [1.54, 1.807) is 0 Å². The van der Waals surface area contributed by atoms with Crippen LogP contribution in [-0.4, -0.2) is 37.8 Å². The van der Waals surface area contributed by atoms with Crippen LogP contribution in [0.1, 0.15) is 0 Å². The summed E-state index contributed by atoms with van der Waals surface area (Å²) in [7, 11) is -1.38. The third kappa shape index (κ3) is 4.30. The highest BCUT2D eigenvalue weighted by Gasteiger charge is 2.25. The van der Waals surface area contributed by atoms with Crippen LogP contribution >= 0.6 is 0 Å². The molecule has 0 heterocycles. The topological polar surface area (TPSA) is 78.8 Å². The molecule has 0 aliphatic heterocycles. The summed E-state index contributed by atoms with van der Waals surface area (Å²) in [5, 5.41) is 10.2. The van der Waals surface area contributed by atoms with Crippen LogP contribution in [0.15, 0.2) is 0 Å². The monoisotopic (exact) mass is 165 g/mol. The first-order valence-corrected chi connectivity index (χ1v) is 5.28. The minimum Gasteiger partial charge on any atom is -0.465 e. The van der Waals surface area contributed by atoms with Crippen LogP contribution < -0.4 is 5.32 Å². The van der Waals surface area contributed by atoms with Crippen molar-refractivity contribution in [2.45, 2.75) is 6.55 Å². The molecule has 0 spiro atoms. The fraction of sp³-hybridized carbons (Fsp3) is 0.750. The van der Waals surface area contributed by atoms with Gasteiger partial charge in [0.2, 0.25) is 0 Å². The van der Waals surface area contributed by atoms with Crippen LogP contribution in [0.5, 0.6) is 0 Å². The highest BCUT2D eigenvalue weighted by molar-refractivity contribution is 6.64. The summed E-state index contributed by atoms with van der Waals surface area (Å²) in [4.78, 5) is 19.1. The molecule has 0 saturated heterocycles. The molecule has 0 saturated carbocycles. The maximum atomic E-state index is 9.91. The number of amides is 1. The van der Waals surface area contributed by atoms with Crippen molar-refractivity contribution in [2.75, 3.05) is 13.3 Å². The molecular formula is C4H11NO4Si. The summed E-state index contributed by atoms with van der Waals surface area (Å²) < 4.78 is 4.66. The predicted octanol–water partition coefficient (Wildman–Crippen LogP) is -0.496. The Kier molecular flexibility index (Phi) is 3.33. The Balaban J connectivity index is 3.56. The van der Waals surface area contributed by atoms with Gasteiger partial charge in [0.25, 0.3) is 0 Å². The van der Waals surface area contributed by atoms with Crippen molar-refractivity contribution in [1.82, 2.24) is 5.32 Å². The molecule has 60 valence electrons. The van der Waals surface area contributed by atoms with Crippen molar-refractivity contribution < 1.29 is 19.1 Å². The lowest BCUT2D eigenvalue weighted by Crippen LogP contribution is -2.46. The van der Waals surface area contributed by atoms with Crippen molar-refractivity contribution in [3.63, 3.8) is 0 Å². The largest absolute Gasteiger partial charge is 0.465 e. The first kappa shape index (κ1) is 9.41. The van der Waals surface area contributed by atoms with Gasteiger partial charge in [0.1, 0.15) is 0 Å². The number of rotatable bonds is 3. The number of carbonyl (C=O) groups is 1. The molecule has 0 aromatic rings. The lowest BCUT2D eigenvalue weighted by atomic mass is 11.1. The molecule has 1 unspecified atom stereocenters. The molecule has 0 bridgehead atoms. The summed E-state index contributed by atoms with van der Waals surface area (Å²) in [5.74, 6) is 0. The summed E-state index contributed by atoms with van der Waals surface area (Å²) in [6, 6.07) is 0. The van der Waals surface area contributed by atoms with E-state index in [1.807, 2.05) is 5.32 Å². The quantitative estimate of drug-likeness (QED) is 0.493. The molecule has 0 aliphatic carbocycles. The molecule has 1 atom stereocenters. The Labute approximate surface area is 59.9 Å². The Morgan fingerprint density at radius 2 is 2.30 bits per heavy atom. The van der Waals surface area contributed by atoms with Crippen molar-refractivity contribution in [3.8, 4) is 0 Å². The lowest BCUT2D eigenvalue weighted by Gasteiger charge is -2.16. The third-order valence-corrected chi connectivity index (χ3v) is 2.72. The van der Waals surface area contributed by atoms with E-state index < -0.39 is 14.7 Å². The minimum atomic E-state index is -2.73. The van der Waals surface area contributed by atoms with E-state index in [4.69, 9.17) is 9.90 Å². The molecule has 0 radical (unpaired) electrons. The highest BCUT2D eigenvalue weighted by Crippen LogP contribution is 1.93. The smallest absolute Gasteiger partial charge is 0.404 e. The van der Waals surface area contributed by atoms with E-state index in [-0.39, 0.29) is 6.17 Å². The Morgan fingerprint density at radius 3 is 2.60 bits per heavy atom. The van der Waals surface area contributed by atoms with Gasteiger partial charge in [-0.05, 0) is 6.55 Å². The maximum Gasteiger partial charge on any atom is 0.404 e. The number of carboxylic acid groups (broad SMARTS) is 1. The molecule has 0 rings (SSSR count). The van der Waals surface area contributed by atoms with Crippen LogP contribution in [0.3, 0.4) is 0 Å². The van der Waals surface area contributed by atoms with Crippen molar-refractivity contribution in [3.05, 3.63) is 0 Å². The van der Waals surface area contributed by atoms with Crippen LogP contribution in [0.4, 0.5) is 4.79 Å². The fourth-order valence-corrected chi connectivity index (χ4v) is 0.935. The van der Waals surface area contributed by atoms with Gasteiger partial charge in [0, 0.05) is 7.11 Å². The van der Waals surface area contributed by atoms with Gasteiger partial charge >= 0.3 is 14.7 Å². The second kappa shape index (κ2) is 3.54. The molecule has 0 aliphatic rings. The van der Waals surface area contributed by atoms with Gasteiger partial charge in [0.05, 0.1) is 6.17 Å². The molecule has 6 heteroatoms. The highest BCUT2D eigenvalue weighted by atomic mass is 28.4. The zero-order valence-corrected chi connectivity index (χ0v) is 6.92. The number of hydrogen-bond donors (Lipinski definition) is 3. The standard InChI is InChI=1S/C4H11NO4Si/c1-9-10(2,8)3-5-4(6)7/h5,8H,3H2,1-2H3,(H,6,7). The molecule has 0 aromatic heterocycles. The van der Waals surface area contributed by atoms with E-state index >= 15 is 0 Å². The average Bonchev–Trinajstić information content (AvgIpc) is 1.85. The van der Waals surface area contributed by atoms with Crippen molar-refractivity contribution in [2.24, 2.45) is 0 Å². The Bertz CT molecular complexity index is 126. The normalized spacial score (nSPS) is 15.9. The Hall–Kier alpha value is -0.593. The molecule has 0 fully saturated rings. The molecule has 3 N–H and O–H groups in total. The minimum absolute atomic E-state index is 0.00116. The maximum absolute atomic E-state index is 9.91. The third-order valence-electron chi connectivity index (χ3n) is 1.01. The van der Waals surface area contributed by atoms with Gasteiger partial charge < -0.3 is 19.6 Å². The predicted molar refractivity (Wildman–Crippen MR) is 36.9 cm³/mol. The zero-order chi connectivity index (χ0) is 8.20. The molecule has 5 nitrogen and oxygen atoms in total. The summed E-state index contributed by atoms with van der Waals surface area (Å²) in [5.41, 5.74) is 0. The van der Waals surface area contributed by atoms with E-state index in [0.717, 1.165) is 0 Å². The summed E-state index contributed by atoms with van der Waals surface area (Å²) in [6.07, 6.45) is -1.15. The zero-order valence-electron chi connectivity index (χ0n) is 5.92. The molecule has 1 amide bonds. The number of nitrogens with one attached hydrogen (secondary N) is 1. The van der Waals surface area contributed by atoms with Gasteiger partial charge in [-0.15, -0.1) is 0 Å². The van der Waals surface area contributed by atoms with Gasteiger partial charge in [-0.3, -0.25) is 0 Å². The van der Waals surface area contributed by atoms with E-state index in [2.05, 4.69) is 4.43 Å². The fourth-order valence-electron chi connectivity index (χ4n) is 0.312. The van der Waals surface area contributed by atoms with Crippen LogP contribution in [-0.2, 0) is 4.43 Å². The van der Waals surface area contributed by atoms with E-state index in [1.165, 1.54) is 13.7 Å². The Morgan fingerprint density at radius 1 is 1.80 bits per heavy atom. The molecular weight excluding hydrogens is 154 g/mol. The van der Waals surface area contributed by atoms with Gasteiger partial charge in [-0.1, -0.05) is 0 Å². The van der Waals surface area contributed by atoms with Gasteiger partial charge in [0.15, 0.2) is 0 Å². The SMILES string of the molecule is CO[Si](C)(O)CNC(=O)O. The van der Waals surface area contributed by atoms with Gasteiger partial charge in [-0.25, -0.2) is 4.79 Å². The summed E-state index contributed by atoms with van der Waals surface area (Å²) >= 11 is 0. The van der Waals surface area contributed by atoms with Crippen LogP contribution in [0.25, 0.3) is 0 Å². The second-order valence-electron chi connectivity index (χ2n) is 2.04. The van der Waals surface area contributed by atoms with Crippen LogP contribution in [0, 0.1) is 0 Å². The number of hydrogen-bond acceptors (Lipinski definition) is 3. The van der Waals surface area contributed by atoms with Crippen molar-refractivity contribution >= 4 is 14.7 Å². The van der Waals surface area contributed by atoms with Crippen molar-refractivity contribution in [1.29, 1.82) is 0 Å². The van der Waals surface area contributed by atoms with E-state index in [9.17, 15) is 4.79 Å². The second-order valence-corrected chi connectivity index (χ2v) is 5.15. The first-order valence-electron chi connectivity index (χ1n) is 2.72. The average molecular weight is 165 g/mol. The molecule has 0 aromatic carbocycles. The van der Waals surface area contributed by atoms with Crippen LogP contribution in [0.2, 0.25) is 6.55 Å². The van der Waals surface area contributed by atoms with E-state index in [0.29, 0.717) is 0 Å². The first-order chi connectivity index (χ1) is 4.48. The lowest BCUT2D eigenvalue weighted by molar-refractivity contribution is 0.193. The molecule has 10 heavy (non-hydrogen) atoms. The summed E-state index contributed by atoms with van der Waals surface area (Å²) in [6.45, 7) is 1.50.